The van der Waals surface area contributed by atoms with E-state index < -0.39 is 15.9 Å². The quantitative estimate of drug-likeness (QED) is 0.721. The van der Waals surface area contributed by atoms with E-state index in [9.17, 15) is 13.2 Å². The lowest BCUT2D eigenvalue weighted by molar-refractivity contribution is -0.121. The van der Waals surface area contributed by atoms with Gasteiger partial charge in [0.2, 0.25) is 15.9 Å². The maximum Gasteiger partial charge on any atom is 0.235 e. The molecular weight excluding hydrogens is 395 g/mol. The number of amides is 1. The predicted molar refractivity (Wildman–Crippen MR) is 105 cm³/mol. The van der Waals surface area contributed by atoms with Crippen LogP contribution >= 0.6 is 23.2 Å². The summed E-state index contributed by atoms with van der Waals surface area (Å²) in [5.74, 6) is -0.394. The Hall–Kier alpha value is -1.60. The van der Waals surface area contributed by atoms with E-state index >= 15 is 0 Å². The van der Waals surface area contributed by atoms with Crippen LogP contribution < -0.4 is 5.32 Å². The van der Waals surface area contributed by atoms with Crippen molar-refractivity contribution in [2.45, 2.75) is 13.0 Å². The molecule has 0 aromatic heterocycles. The maximum absolute atomic E-state index is 12.2. The van der Waals surface area contributed by atoms with Gasteiger partial charge in [0.1, 0.15) is 0 Å². The topological polar surface area (TPSA) is 66.5 Å². The molecule has 0 unspecified atom stereocenters. The molecule has 26 heavy (non-hydrogen) atoms. The van der Waals surface area contributed by atoms with Gasteiger partial charge in [0.05, 0.1) is 12.8 Å². The molecule has 1 amide bonds. The van der Waals surface area contributed by atoms with Gasteiger partial charge in [-0.3, -0.25) is 4.79 Å². The average molecular weight is 415 g/mol. The molecule has 0 atom stereocenters. The van der Waals surface area contributed by atoms with Crippen molar-refractivity contribution in [2.24, 2.45) is 0 Å². The van der Waals surface area contributed by atoms with Crippen LogP contribution in [0.5, 0.6) is 0 Å². The summed E-state index contributed by atoms with van der Waals surface area (Å²) >= 11 is 11.9. The van der Waals surface area contributed by atoms with Crippen LogP contribution in [0, 0.1) is 0 Å². The zero-order chi connectivity index (χ0) is 19.2. The smallest absolute Gasteiger partial charge is 0.235 e. The zero-order valence-corrected chi connectivity index (χ0v) is 16.6. The van der Waals surface area contributed by atoms with E-state index in [-0.39, 0.29) is 19.6 Å². The fourth-order valence-corrected chi connectivity index (χ4v) is 3.59. The van der Waals surface area contributed by atoms with Crippen LogP contribution in [-0.4, -0.2) is 38.0 Å². The minimum atomic E-state index is -3.50. The molecule has 0 spiro atoms. The first kappa shape index (κ1) is 20.7. The summed E-state index contributed by atoms with van der Waals surface area (Å²) in [6, 6.07) is 14.5. The van der Waals surface area contributed by atoms with Crippen molar-refractivity contribution in [3.05, 3.63) is 69.7 Å². The lowest BCUT2D eigenvalue weighted by Crippen LogP contribution is -2.41. The number of sulfonamides is 1. The van der Waals surface area contributed by atoms with E-state index in [4.69, 9.17) is 23.2 Å². The van der Waals surface area contributed by atoms with E-state index in [0.717, 1.165) is 11.8 Å². The Balaban J connectivity index is 1.93. The van der Waals surface area contributed by atoms with Crippen LogP contribution in [0.3, 0.4) is 0 Å². The summed E-state index contributed by atoms with van der Waals surface area (Å²) in [6.07, 6.45) is 1.63. The molecule has 8 heteroatoms. The minimum Gasteiger partial charge on any atom is -0.351 e. The molecule has 1 N–H and O–H groups in total. The van der Waals surface area contributed by atoms with Gasteiger partial charge >= 0.3 is 0 Å². The molecule has 2 rings (SSSR count). The van der Waals surface area contributed by atoms with Gasteiger partial charge in [-0.05, 0) is 29.7 Å². The number of nitrogens with zero attached hydrogens (tertiary/aromatic N) is 1. The first-order chi connectivity index (χ1) is 12.3. The van der Waals surface area contributed by atoms with Gasteiger partial charge in [-0.2, -0.15) is 4.31 Å². The third-order valence-corrected chi connectivity index (χ3v) is 5.61. The number of nitrogens with one attached hydrogen (secondary N) is 1. The first-order valence-electron chi connectivity index (χ1n) is 7.95. The van der Waals surface area contributed by atoms with Crippen molar-refractivity contribution in [1.29, 1.82) is 0 Å². The van der Waals surface area contributed by atoms with E-state index in [2.05, 4.69) is 5.32 Å². The van der Waals surface area contributed by atoms with E-state index in [1.807, 2.05) is 30.3 Å². The number of carbonyl (C=O) groups excluding carboxylic acids is 1. The van der Waals surface area contributed by atoms with Gasteiger partial charge in [0.15, 0.2) is 0 Å². The molecule has 0 aliphatic heterocycles. The van der Waals surface area contributed by atoms with Gasteiger partial charge < -0.3 is 5.32 Å². The SMILES string of the molecule is CS(=O)(=O)N(CCc1ccccc1)CC(=O)NCc1ccc(Cl)cc1Cl. The summed E-state index contributed by atoms with van der Waals surface area (Å²) < 4.78 is 25.1. The van der Waals surface area contributed by atoms with E-state index in [1.165, 1.54) is 4.31 Å². The highest BCUT2D eigenvalue weighted by Crippen LogP contribution is 2.20. The van der Waals surface area contributed by atoms with Crippen molar-refractivity contribution in [1.82, 2.24) is 9.62 Å². The number of hydrogen-bond donors (Lipinski definition) is 1. The maximum atomic E-state index is 12.2. The lowest BCUT2D eigenvalue weighted by Gasteiger charge is -2.19. The average Bonchev–Trinajstić information content (AvgIpc) is 2.57. The predicted octanol–water partition coefficient (Wildman–Crippen LogP) is 3.11. The molecule has 0 saturated carbocycles. The molecule has 5 nitrogen and oxygen atoms in total. The number of benzene rings is 2. The Morgan fingerprint density at radius 3 is 2.42 bits per heavy atom. The molecule has 0 aliphatic carbocycles. The molecule has 0 saturated heterocycles. The van der Waals surface area contributed by atoms with Crippen molar-refractivity contribution in [3.8, 4) is 0 Å². The van der Waals surface area contributed by atoms with Crippen molar-refractivity contribution < 1.29 is 13.2 Å². The molecule has 2 aromatic carbocycles. The van der Waals surface area contributed by atoms with Gasteiger partial charge in [-0.25, -0.2) is 8.42 Å². The second-order valence-electron chi connectivity index (χ2n) is 5.84. The van der Waals surface area contributed by atoms with Crippen molar-refractivity contribution in [3.63, 3.8) is 0 Å². The Morgan fingerprint density at radius 1 is 1.12 bits per heavy atom. The fraction of sp³-hybridized carbons (Fsp3) is 0.278. The summed E-state index contributed by atoms with van der Waals surface area (Å²) in [4.78, 5) is 12.2. The highest BCUT2D eigenvalue weighted by Gasteiger charge is 2.20. The summed E-state index contributed by atoms with van der Waals surface area (Å²) in [7, 11) is -3.50. The van der Waals surface area contributed by atoms with Gasteiger partial charge in [0.25, 0.3) is 0 Å². The van der Waals surface area contributed by atoms with Crippen LogP contribution in [0.15, 0.2) is 48.5 Å². The fourth-order valence-electron chi connectivity index (χ4n) is 2.34. The minimum absolute atomic E-state index is 0.200. The highest BCUT2D eigenvalue weighted by molar-refractivity contribution is 7.88. The standard InChI is InChI=1S/C18H20Cl2N2O3S/c1-26(24,25)22(10-9-14-5-3-2-4-6-14)13-18(23)21-12-15-7-8-16(19)11-17(15)20/h2-8,11H,9-10,12-13H2,1H3,(H,21,23). The Kier molecular flexibility index (Phi) is 7.46. The molecule has 0 heterocycles. The van der Waals surface area contributed by atoms with Gasteiger partial charge in [-0.1, -0.05) is 59.6 Å². The Bertz CT molecular complexity index is 858. The molecule has 0 radical (unpaired) electrons. The third-order valence-electron chi connectivity index (χ3n) is 3.77. The van der Waals surface area contributed by atoms with E-state index in [0.29, 0.717) is 22.0 Å². The molecule has 0 fully saturated rings. The second-order valence-corrected chi connectivity index (χ2v) is 8.67. The lowest BCUT2D eigenvalue weighted by atomic mass is 10.1. The normalized spacial score (nSPS) is 11.5. The largest absolute Gasteiger partial charge is 0.351 e. The van der Waals surface area contributed by atoms with Crippen LogP contribution in [0.25, 0.3) is 0 Å². The third kappa shape index (κ3) is 6.61. The van der Waals surface area contributed by atoms with Gasteiger partial charge in [-0.15, -0.1) is 0 Å². The number of halogens is 2. The van der Waals surface area contributed by atoms with Crippen LogP contribution in [-0.2, 0) is 27.8 Å². The molecular formula is C18H20Cl2N2O3S. The highest BCUT2D eigenvalue weighted by atomic mass is 35.5. The van der Waals surface area contributed by atoms with E-state index in [1.54, 1.807) is 18.2 Å². The van der Waals surface area contributed by atoms with Crippen LogP contribution in [0.2, 0.25) is 10.0 Å². The Labute approximate surface area is 164 Å². The first-order valence-corrected chi connectivity index (χ1v) is 10.6. The zero-order valence-electron chi connectivity index (χ0n) is 14.3. The van der Waals surface area contributed by atoms with Crippen LogP contribution in [0.1, 0.15) is 11.1 Å². The van der Waals surface area contributed by atoms with Gasteiger partial charge in [0, 0.05) is 23.1 Å². The monoisotopic (exact) mass is 414 g/mol. The summed E-state index contributed by atoms with van der Waals surface area (Å²) in [5.41, 5.74) is 1.72. The summed E-state index contributed by atoms with van der Waals surface area (Å²) in [6.45, 7) is 0.194. The number of hydrogen-bond acceptors (Lipinski definition) is 3. The van der Waals surface area contributed by atoms with Crippen molar-refractivity contribution >= 4 is 39.1 Å². The molecule has 0 aliphatic rings. The second kappa shape index (κ2) is 9.37. The molecule has 140 valence electrons. The van der Waals surface area contributed by atoms with Crippen LogP contribution in [0.4, 0.5) is 0 Å². The van der Waals surface area contributed by atoms with Crippen molar-refractivity contribution in [2.75, 3.05) is 19.3 Å². The molecule has 2 aromatic rings. The Morgan fingerprint density at radius 2 is 1.81 bits per heavy atom. The number of rotatable bonds is 8. The number of carbonyl (C=O) groups is 1. The summed E-state index contributed by atoms with van der Waals surface area (Å²) in [5, 5.41) is 3.64. The molecule has 0 bridgehead atoms.